The summed E-state index contributed by atoms with van der Waals surface area (Å²) in [6, 6.07) is 19.9. The maximum Gasteiger partial charge on any atom is 0.335 e. The van der Waals surface area contributed by atoms with Crippen molar-refractivity contribution in [1.82, 2.24) is 9.88 Å². The summed E-state index contributed by atoms with van der Waals surface area (Å²) in [6.07, 6.45) is 1.52. The van der Waals surface area contributed by atoms with E-state index in [4.69, 9.17) is 16.3 Å². The van der Waals surface area contributed by atoms with Crippen LogP contribution in [0.5, 0.6) is 5.75 Å². The van der Waals surface area contributed by atoms with Gasteiger partial charge in [-0.1, -0.05) is 41.9 Å². The van der Waals surface area contributed by atoms with Gasteiger partial charge in [-0.15, -0.1) is 0 Å². The van der Waals surface area contributed by atoms with Gasteiger partial charge in [0.1, 0.15) is 11.3 Å². The third kappa shape index (κ3) is 3.93. The summed E-state index contributed by atoms with van der Waals surface area (Å²) in [7, 11) is 1.47. The minimum atomic E-state index is -0.843. The van der Waals surface area contributed by atoms with Crippen LogP contribution in [0.3, 0.4) is 0 Å². The van der Waals surface area contributed by atoms with E-state index in [1.54, 1.807) is 6.07 Å². The molecule has 36 heavy (non-hydrogen) atoms. The fourth-order valence-corrected chi connectivity index (χ4v) is 4.74. The van der Waals surface area contributed by atoms with Crippen LogP contribution in [-0.2, 0) is 9.59 Å². The fraction of sp³-hybridized carbons (Fsp3) is 0.107. The van der Waals surface area contributed by atoms with Crippen LogP contribution in [0.4, 0.5) is 10.5 Å². The van der Waals surface area contributed by atoms with E-state index in [0.29, 0.717) is 11.3 Å². The van der Waals surface area contributed by atoms with Gasteiger partial charge in [0.2, 0.25) is 0 Å². The highest BCUT2D eigenvalue weighted by Crippen LogP contribution is 2.32. The Morgan fingerprint density at radius 2 is 1.61 bits per heavy atom. The average molecular weight is 500 g/mol. The van der Waals surface area contributed by atoms with Gasteiger partial charge in [0.15, 0.2) is 0 Å². The number of carbonyl (C=O) groups excluding carboxylic acids is 3. The number of rotatable bonds is 4. The van der Waals surface area contributed by atoms with Crippen molar-refractivity contribution >= 4 is 52.0 Å². The molecule has 180 valence electrons. The molecule has 1 aromatic heterocycles. The zero-order chi connectivity index (χ0) is 25.6. The molecule has 1 N–H and O–H groups in total. The number of aromatic nitrogens is 1. The lowest BCUT2D eigenvalue weighted by Crippen LogP contribution is -2.54. The number of hydrogen-bond donors (Lipinski definition) is 1. The molecule has 3 aromatic carbocycles. The van der Waals surface area contributed by atoms with Gasteiger partial charge in [-0.3, -0.25) is 14.9 Å². The van der Waals surface area contributed by atoms with Gasteiger partial charge in [0.25, 0.3) is 11.8 Å². The van der Waals surface area contributed by atoms with Crippen molar-refractivity contribution in [3.8, 4) is 11.4 Å². The lowest BCUT2D eigenvalue weighted by molar-refractivity contribution is -0.122. The number of halogens is 1. The van der Waals surface area contributed by atoms with Crippen molar-refractivity contribution in [2.45, 2.75) is 13.8 Å². The fourth-order valence-electron chi connectivity index (χ4n) is 4.49. The van der Waals surface area contributed by atoms with E-state index >= 15 is 0 Å². The Kier molecular flexibility index (Phi) is 5.86. The number of anilines is 1. The summed E-state index contributed by atoms with van der Waals surface area (Å²) in [5.74, 6) is -1.09. The summed E-state index contributed by atoms with van der Waals surface area (Å²) in [5.41, 5.74) is 3.53. The van der Waals surface area contributed by atoms with E-state index in [-0.39, 0.29) is 16.3 Å². The number of benzene rings is 3. The van der Waals surface area contributed by atoms with E-state index < -0.39 is 17.8 Å². The Morgan fingerprint density at radius 1 is 0.889 bits per heavy atom. The maximum atomic E-state index is 13.3. The van der Waals surface area contributed by atoms with Crippen LogP contribution in [0.25, 0.3) is 22.5 Å². The Balaban J connectivity index is 1.55. The molecule has 0 spiro atoms. The molecule has 4 aromatic rings. The van der Waals surface area contributed by atoms with Crippen LogP contribution in [0.15, 0.2) is 72.3 Å². The number of carbonyl (C=O) groups is 3. The Bertz CT molecular complexity index is 1600. The van der Waals surface area contributed by atoms with Crippen molar-refractivity contribution < 1.29 is 19.1 Å². The van der Waals surface area contributed by atoms with Crippen LogP contribution >= 0.6 is 11.6 Å². The van der Waals surface area contributed by atoms with Gasteiger partial charge >= 0.3 is 6.03 Å². The van der Waals surface area contributed by atoms with Gasteiger partial charge in [-0.05, 0) is 72.7 Å². The van der Waals surface area contributed by atoms with Gasteiger partial charge < -0.3 is 9.30 Å². The quantitative estimate of drug-likeness (QED) is 0.294. The van der Waals surface area contributed by atoms with Gasteiger partial charge in [-0.2, -0.15) is 0 Å². The van der Waals surface area contributed by atoms with Crippen LogP contribution in [-0.4, -0.2) is 29.5 Å². The van der Waals surface area contributed by atoms with Crippen molar-refractivity contribution in [2.75, 3.05) is 12.0 Å². The molecule has 1 aliphatic heterocycles. The zero-order valence-corrected chi connectivity index (χ0v) is 20.6. The van der Waals surface area contributed by atoms with E-state index in [2.05, 4.69) is 34.1 Å². The number of imide groups is 2. The third-order valence-corrected chi connectivity index (χ3v) is 6.55. The number of hydrogen-bond acceptors (Lipinski definition) is 4. The third-order valence-electron chi connectivity index (χ3n) is 6.26. The van der Waals surface area contributed by atoms with Crippen molar-refractivity contribution in [3.05, 3.63) is 94.3 Å². The van der Waals surface area contributed by atoms with Gasteiger partial charge in [0.05, 0.1) is 17.8 Å². The number of aryl methyl sites for hydroxylation is 1. The van der Waals surface area contributed by atoms with E-state index in [1.165, 1.54) is 25.3 Å². The van der Waals surface area contributed by atoms with Crippen LogP contribution in [0.1, 0.15) is 17.0 Å². The number of urea groups is 1. The average Bonchev–Trinajstić information content (AvgIpc) is 3.14. The smallest absolute Gasteiger partial charge is 0.335 e. The summed E-state index contributed by atoms with van der Waals surface area (Å²) < 4.78 is 7.21. The first-order valence-electron chi connectivity index (χ1n) is 11.2. The summed E-state index contributed by atoms with van der Waals surface area (Å²) in [6.45, 7) is 3.88. The van der Waals surface area contributed by atoms with Gasteiger partial charge in [0, 0.05) is 17.1 Å². The lowest BCUT2D eigenvalue weighted by atomic mass is 10.1. The van der Waals surface area contributed by atoms with Crippen LogP contribution in [0.2, 0.25) is 5.02 Å². The van der Waals surface area contributed by atoms with E-state index in [1.807, 2.05) is 38.1 Å². The monoisotopic (exact) mass is 499 g/mol. The minimum Gasteiger partial charge on any atom is -0.495 e. The second-order valence-electron chi connectivity index (χ2n) is 8.47. The molecule has 1 fully saturated rings. The molecule has 4 amide bonds. The molecule has 0 saturated carbocycles. The van der Waals surface area contributed by atoms with E-state index in [9.17, 15) is 14.4 Å². The van der Waals surface area contributed by atoms with Gasteiger partial charge in [-0.25, -0.2) is 9.69 Å². The summed E-state index contributed by atoms with van der Waals surface area (Å²) in [4.78, 5) is 39.5. The number of nitrogens with zero attached hydrogens (tertiary/aromatic N) is 2. The molecule has 0 bridgehead atoms. The molecule has 0 radical (unpaired) electrons. The Hall–Kier alpha value is -4.36. The molecule has 0 atom stereocenters. The molecule has 2 heterocycles. The molecule has 5 rings (SSSR count). The number of amides is 4. The molecular weight excluding hydrogens is 478 g/mol. The van der Waals surface area contributed by atoms with Crippen molar-refractivity contribution in [3.63, 3.8) is 0 Å². The Labute approximate surface area is 212 Å². The number of methoxy groups -OCH3 is 1. The number of barbiturate groups is 1. The molecule has 1 saturated heterocycles. The minimum absolute atomic E-state index is 0.152. The van der Waals surface area contributed by atoms with E-state index in [0.717, 1.165) is 32.7 Å². The second kappa shape index (κ2) is 9.02. The van der Waals surface area contributed by atoms with Crippen molar-refractivity contribution in [2.24, 2.45) is 0 Å². The lowest BCUT2D eigenvalue weighted by Gasteiger charge is -2.26. The molecule has 8 heteroatoms. The zero-order valence-electron chi connectivity index (χ0n) is 19.8. The second-order valence-corrected chi connectivity index (χ2v) is 8.88. The largest absolute Gasteiger partial charge is 0.495 e. The normalized spacial score (nSPS) is 15.1. The van der Waals surface area contributed by atoms with Crippen LogP contribution in [0, 0.1) is 13.8 Å². The molecule has 1 aliphatic rings. The molecule has 0 aliphatic carbocycles. The van der Waals surface area contributed by atoms with Crippen molar-refractivity contribution in [1.29, 1.82) is 0 Å². The Morgan fingerprint density at radius 3 is 2.33 bits per heavy atom. The number of fused-ring (bicyclic) bond motifs is 1. The standard InChI is InChI=1S/C28H22ClN3O4/c1-16-12-20(17(2)31(16)21-9-8-18-6-4-5-7-19(18)13-21)14-23-26(33)30-28(35)32(27(23)34)22-10-11-25(36-3)24(29)15-22/h4-15H,1-3H3,(H,30,33,35). The molecule has 7 nitrogen and oxygen atoms in total. The summed E-state index contributed by atoms with van der Waals surface area (Å²) in [5, 5.41) is 4.73. The maximum absolute atomic E-state index is 13.3. The highest BCUT2D eigenvalue weighted by Gasteiger charge is 2.37. The topological polar surface area (TPSA) is 80.6 Å². The predicted octanol–water partition coefficient (Wildman–Crippen LogP) is 5.58. The molecule has 0 unspecified atom stereocenters. The highest BCUT2D eigenvalue weighted by atomic mass is 35.5. The highest BCUT2D eigenvalue weighted by molar-refractivity contribution is 6.39. The first kappa shape index (κ1) is 23.4. The predicted molar refractivity (Wildman–Crippen MR) is 140 cm³/mol. The first-order valence-corrected chi connectivity index (χ1v) is 11.6. The summed E-state index contributed by atoms with van der Waals surface area (Å²) >= 11 is 6.20. The first-order chi connectivity index (χ1) is 17.3. The van der Waals surface area contributed by atoms with Crippen LogP contribution < -0.4 is 15.0 Å². The molecular formula is C28H22ClN3O4. The number of ether oxygens (including phenoxy) is 1. The SMILES string of the molecule is COc1ccc(N2C(=O)NC(=O)C(=Cc3cc(C)n(-c4ccc5ccccc5c4)c3C)C2=O)cc1Cl. The number of nitrogens with one attached hydrogen (secondary N) is 1.